The number of nitrogens with zero attached hydrogens (tertiary/aromatic N) is 1. The topological polar surface area (TPSA) is 756 Å². The van der Waals surface area contributed by atoms with Gasteiger partial charge in [0.15, 0.2) is 6.61 Å². The van der Waals surface area contributed by atoms with Gasteiger partial charge >= 0.3 is 17.9 Å². The average Bonchev–Trinajstić information content (AvgIpc) is 0.832. The molecule has 7 rings (SSSR count). The van der Waals surface area contributed by atoms with Crippen molar-refractivity contribution in [1.29, 1.82) is 0 Å². The molecule has 0 radical (unpaired) electrons. The number of nitrogens with one attached hydrogen (secondary N) is 14. The second-order valence-corrected chi connectivity index (χ2v) is 38.6. The van der Waals surface area contributed by atoms with Crippen molar-refractivity contribution in [2.75, 3.05) is 44.8 Å². The van der Waals surface area contributed by atoms with Gasteiger partial charge in [0.05, 0.1) is 24.2 Å². The van der Waals surface area contributed by atoms with Crippen LogP contribution in [0.5, 0.6) is 5.75 Å². The van der Waals surface area contributed by atoms with E-state index in [1.807, 2.05) is 18.2 Å². The fourth-order valence-electron chi connectivity index (χ4n) is 16.6. The van der Waals surface area contributed by atoms with Crippen molar-refractivity contribution < 1.29 is 121 Å². The fraction of sp³-hybridized carbons (Fsp3) is 0.495. The van der Waals surface area contributed by atoms with Gasteiger partial charge in [-0.25, -0.2) is 9.59 Å². The Morgan fingerprint density at radius 1 is 0.459 bits per heavy atom. The van der Waals surface area contributed by atoms with E-state index in [1.54, 1.807) is 95.3 Å². The zero-order valence-corrected chi connectivity index (χ0v) is 84.7. The molecule has 47 heteroatoms. The molecule has 29 N–H and O–H groups in total. The molecule has 0 aromatic heterocycles. The molecule has 1 saturated carbocycles. The van der Waals surface area contributed by atoms with E-state index in [9.17, 15) is 82.4 Å². The van der Waals surface area contributed by atoms with Gasteiger partial charge in [0.1, 0.15) is 96.4 Å². The summed E-state index contributed by atoms with van der Waals surface area (Å²) in [6, 6.07) is 6.79. The number of amides is 18. The zero-order chi connectivity index (χ0) is 109. The van der Waals surface area contributed by atoms with Crippen LogP contribution in [-0.2, 0) is 122 Å². The van der Waals surface area contributed by atoms with Crippen molar-refractivity contribution in [3.05, 3.63) is 161 Å². The molecule has 148 heavy (non-hydrogen) atoms. The van der Waals surface area contributed by atoms with Gasteiger partial charge in [0.2, 0.25) is 106 Å². The summed E-state index contributed by atoms with van der Waals surface area (Å²) in [7, 11) is 1.18. The molecule has 1 saturated heterocycles. The van der Waals surface area contributed by atoms with Crippen LogP contribution in [0.1, 0.15) is 169 Å². The molecule has 1 aliphatic carbocycles. The Bertz CT molecular complexity index is 5460. The van der Waals surface area contributed by atoms with Crippen LogP contribution in [0.4, 0.5) is 0 Å². The Kier molecular flexibility index (Phi) is 48.8. The van der Waals surface area contributed by atoms with Gasteiger partial charge in [-0.3, -0.25) is 91.1 Å². The predicted octanol–water partition coefficient (Wildman–Crippen LogP) is -2.31. The van der Waals surface area contributed by atoms with Crippen molar-refractivity contribution in [3.8, 4) is 16.9 Å². The minimum atomic E-state index is -2.23. The Balaban J connectivity index is 1.38. The third-order valence-electron chi connectivity index (χ3n) is 24.8. The van der Waals surface area contributed by atoms with Gasteiger partial charge in [-0.1, -0.05) is 168 Å². The molecule has 1 heterocycles. The second-order valence-electron chi connectivity index (χ2n) is 37.6. The first-order chi connectivity index (χ1) is 70.2. The van der Waals surface area contributed by atoms with E-state index < -0.39 is 290 Å². The van der Waals surface area contributed by atoms with Crippen LogP contribution in [0.15, 0.2) is 127 Å². The number of primary amides is 3. The van der Waals surface area contributed by atoms with Crippen molar-refractivity contribution in [1.82, 2.24) is 79.3 Å². The number of carbonyl (C=O) groups is 21. The molecule has 2 fully saturated rings. The van der Waals surface area contributed by atoms with E-state index in [2.05, 4.69) is 74.4 Å². The van der Waals surface area contributed by atoms with Gasteiger partial charge in [-0.15, -0.1) is 11.8 Å². The number of thioether (sulfide) groups is 1. The number of aliphatic carboxylic acids is 2. The van der Waals surface area contributed by atoms with E-state index in [-0.39, 0.29) is 92.4 Å². The lowest BCUT2D eigenvalue weighted by atomic mass is 9.84. The van der Waals surface area contributed by atoms with E-state index in [1.165, 1.54) is 62.5 Å². The number of carboxylic acids is 3. The molecular weight excluding hydrogens is 1940 g/mol. The molecule has 5 aromatic carbocycles. The fourth-order valence-corrected chi connectivity index (χ4v) is 17.5. The highest BCUT2D eigenvalue weighted by Crippen LogP contribution is 2.29. The van der Waals surface area contributed by atoms with E-state index in [0.29, 0.717) is 46.9 Å². The largest absolute Gasteiger partial charge is 0.482 e. The van der Waals surface area contributed by atoms with Crippen LogP contribution < -0.4 is 114 Å². The highest BCUT2D eigenvalue weighted by Gasteiger charge is 2.42. The molecule has 0 spiro atoms. The minimum Gasteiger partial charge on any atom is -0.482 e. The third kappa shape index (κ3) is 40.1. The summed E-state index contributed by atoms with van der Waals surface area (Å²) in [5.41, 5.74) is 37.9. The summed E-state index contributed by atoms with van der Waals surface area (Å²) >= 11 is 0.624. The maximum absolute atomic E-state index is 15.7. The summed E-state index contributed by atoms with van der Waals surface area (Å²) in [5.74, 6) is -26.7. The summed E-state index contributed by atoms with van der Waals surface area (Å²) in [4.78, 5) is 302. The first-order valence-electron chi connectivity index (χ1n) is 49.0. The zero-order valence-electron chi connectivity index (χ0n) is 83.8. The SMILES string of the molecule is Cc1cccc(C[C@@H]2NC(=O)[C@H](CC(=O)O)NC(=O)[C@H](Cc3ccc(OCC(=O)O)cc3)NC(=O)[C@H](CC(N)=O)NC(=O)CSC[C@@H](C(=O)N[C@@H](CCN)C(N)=O)NC(=O)[C@H](CCCN)NC(=O)[C@H](C(C)C)NC(=O)[C@H](CC3CCCCC3)NC(=O)[C@H](CCN)NC(=O)[C@@H](CC(C)C)NC(=O)[C@H](C)N(C)C(=O)[C@H](CCC(N)=O)NC(=O)[C@H](Cc3ccc(-c4ccccc4)cc3)NC(=O)[C@H](Cc3ccc(C(=O)O)cc3)NC2=O)c1. The lowest BCUT2D eigenvalue weighted by Crippen LogP contribution is -2.62. The molecule has 5 aromatic rings. The highest BCUT2D eigenvalue weighted by atomic mass is 32.2. The number of aryl methyl sites for hydroxylation is 1. The summed E-state index contributed by atoms with van der Waals surface area (Å²) in [6.07, 6.45) is -2.42. The molecule has 18 amide bonds. The number of rotatable bonds is 35. The molecule has 46 nitrogen and oxygen atoms in total. The van der Waals surface area contributed by atoms with Crippen LogP contribution in [0.2, 0.25) is 0 Å². The van der Waals surface area contributed by atoms with Gasteiger partial charge in [-0.2, -0.15) is 0 Å². The van der Waals surface area contributed by atoms with Crippen LogP contribution in [0, 0.1) is 24.7 Å². The minimum absolute atomic E-state index is 0.00121. The normalized spacial score (nSPS) is 22.9. The third-order valence-corrected chi connectivity index (χ3v) is 25.8. The van der Waals surface area contributed by atoms with Gasteiger partial charge in [0, 0.05) is 44.9 Å². The smallest absolute Gasteiger partial charge is 0.341 e. The number of likely N-dealkylation sites (N-methyl/N-ethyl adjacent to an activating group) is 1. The van der Waals surface area contributed by atoms with E-state index >= 15 is 33.6 Å². The molecule has 0 unspecified atom stereocenters. The Hall–Kier alpha value is -15.0. The van der Waals surface area contributed by atoms with E-state index in [4.69, 9.17) is 39.1 Å². The molecule has 2 aliphatic rings. The highest BCUT2D eigenvalue weighted by molar-refractivity contribution is 8.00. The van der Waals surface area contributed by atoms with Crippen LogP contribution >= 0.6 is 11.8 Å². The van der Waals surface area contributed by atoms with Crippen LogP contribution in [0.3, 0.4) is 0 Å². The standard InChI is InChI=1S/C101H139N21O25S/c1-54(2)42-71-90(134)110-69(38-41-104)89(133)114-75(44-58-17-10-8-11-18-58)97(141)121-85(55(3)4)99(143)111-68(22-15-39-102)88(132)120-79(98(142)109-67(37-40-103)86(107)130)52-148-53-82(125)108-77(49-81(106)124)95(139)117-74(47-61-27-33-66(34-28-61)147-51-84(128)129)93(137)119-78(50-83(126)127)96(140)118-76(48-62-19-14-16-56(5)43-62)94(138)116-73(46-60-25-31-65(32-26-60)101(145)146)92(136)115-72(45-59-23-29-64(30-24-59)63-20-12-9-13-21-63)91(135)112-70(35-36-80(105)123)100(144)122(7)57(6)87(131)113-71/h9,12-14,16,19-21,23-34,43,54-55,57-58,67-79,85H,8,10-11,15,17-18,22,35-42,44-53,102-104H2,1-7H3,(H2,105,123)(H2,106,124)(H2,107,130)(H,108,125)(H,109,142)(H,110,134)(H,111,143)(H,112,135)(H,113,131)(H,114,133)(H,115,136)(H,116,138)(H,117,139)(H,118,140)(H,119,137)(H,120,132)(H,121,141)(H,126,127)(H,128,129)(H,145,146)/t57-,67-,68-,69-,70-,71+,72-,73-,74-,75-,76-,77-,78-,79-,85-/m0/s1. The number of hydrogen-bond donors (Lipinski definition) is 23. The van der Waals surface area contributed by atoms with Crippen molar-refractivity contribution >= 4 is 136 Å². The maximum Gasteiger partial charge on any atom is 0.341 e. The predicted molar refractivity (Wildman–Crippen MR) is 542 cm³/mol. The first kappa shape index (κ1) is 120. The van der Waals surface area contributed by atoms with Gasteiger partial charge in [0.25, 0.3) is 0 Å². The van der Waals surface area contributed by atoms with Crippen LogP contribution in [0.25, 0.3) is 11.1 Å². The monoisotopic (exact) mass is 2080 g/mol. The summed E-state index contributed by atoms with van der Waals surface area (Å²) < 4.78 is 5.29. The number of carbonyl (C=O) groups excluding carboxylic acids is 18. The summed E-state index contributed by atoms with van der Waals surface area (Å²) in [5, 5.41) is 66.0. The quantitative estimate of drug-likeness (QED) is 0.0203. The first-order valence-corrected chi connectivity index (χ1v) is 50.1. The van der Waals surface area contributed by atoms with Crippen molar-refractivity contribution in [2.24, 2.45) is 52.2 Å². The maximum atomic E-state index is 15.7. The molecule has 0 bridgehead atoms. The number of ether oxygens (including phenoxy) is 1. The number of nitrogens with two attached hydrogens (primary N) is 6. The molecule has 1 aliphatic heterocycles. The summed E-state index contributed by atoms with van der Waals surface area (Å²) in [6.45, 7) is 8.31. The average molecular weight is 2080 g/mol. The van der Waals surface area contributed by atoms with Crippen molar-refractivity contribution in [2.45, 2.75) is 254 Å². The van der Waals surface area contributed by atoms with Gasteiger partial charge < -0.3 is 134 Å². The Labute approximate surface area is 860 Å². The molecule has 15 atom stereocenters. The number of aromatic carboxylic acids is 1. The molecule has 804 valence electrons. The van der Waals surface area contributed by atoms with Gasteiger partial charge in [-0.05, 0) is 154 Å². The Morgan fingerprint density at radius 2 is 0.932 bits per heavy atom. The second kappa shape index (κ2) is 60.2. The van der Waals surface area contributed by atoms with Crippen LogP contribution in [-0.4, -0.2) is 280 Å². The lowest BCUT2D eigenvalue weighted by molar-refractivity contribution is -0.143. The lowest BCUT2D eigenvalue weighted by Gasteiger charge is -2.32. The van der Waals surface area contributed by atoms with Crippen molar-refractivity contribution in [3.63, 3.8) is 0 Å². The number of hydrogen-bond acceptors (Lipinski definition) is 26. The number of benzene rings is 5. The van der Waals surface area contributed by atoms with E-state index in [0.717, 1.165) is 29.7 Å². The Morgan fingerprint density at radius 3 is 1.44 bits per heavy atom. The number of carboxylic acid groups (broad SMARTS) is 3. The molecular formula is C101H139N21O25S.